The highest BCUT2D eigenvalue weighted by Crippen LogP contribution is 2.13. The van der Waals surface area contributed by atoms with Gasteiger partial charge in [-0.3, -0.25) is 0 Å². The quantitative estimate of drug-likeness (QED) is 0.727. The molecule has 0 bridgehead atoms. The second-order valence-corrected chi connectivity index (χ2v) is 5.55. The molecule has 0 aliphatic heterocycles. The zero-order valence-electron chi connectivity index (χ0n) is 11.3. The van der Waals surface area contributed by atoms with Crippen LogP contribution in [-0.4, -0.2) is 30.8 Å². The standard InChI is InChI=1S/C15H25NS/c1-13(2)15(12-17)11-16(3)10-9-14-7-5-4-6-8-14/h4-8,13,15,17H,9-12H2,1-3H3. The van der Waals surface area contributed by atoms with Gasteiger partial charge in [-0.2, -0.15) is 12.6 Å². The summed E-state index contributed by atoms with van der Waals surface area (Å²) >= 11 is 4.44. The van der Waals surface area contributed by atoms with Gasteiger partial charge >= 0.3 is 0 Å². The van der Waals surface area contributed by atoms with E-state index in [0.29, 0.717) is 11.8 Å². The van der Waals surface area contributed by atoms with Crippen molar-refractivity contribution in [2.75, 3.05) is 25.9 Å². The Hall–Kier alpha value is -0.470. The van der Waals surface area contributed by atoms with E-state index in [4.69, 9.17) is 0 Å². The molecule has 0 spiro atoms. The molecule has 0 amide bonds. The first-order chi connectivity index (χ1) is 8.13. The lowest BCUT2D eigenvalue weighted by molar-refractivity contribution is 0.255. The zero-order valence-corrected chi connectivity index (χ0v) is 12.2. The summed E-state index contributed by atoms with van der Waals surface area (Å²) in [7, 11) is 2.21. The normalized spacial score (nSPS) is 13.3. The van der Waals surface area contributed by atoms with E-state index in [-0.39, 0.29) is 0 Å². The van der Waals surface area contributed by atoms with E-state index in [1.54, 1.807) is 0 Å². The van der Waals surface area contributed by atoms with E-state index >= 15 is 0 Å². The first-order valence-corrected chi connectivity index (χ1v) is 7.10. The van der Waals surface area contributed by atoms with E-state index in [2.05, 4.69) is 68.8 Å². The highest BCUT2D eigenvalue weighted by Gasteiger charge is 2.13. The Morgan fingerprint density at radius 2 is 1.82 bits per heavy atom. The van der Waals surface area contributed by atoms with E-state index in [9.17, 15) is 0 Å². The molecule has 0 saturated heterocycles. The van der Waals surface area contributed by atoms with Gasteiger partial charge in [-0.05, 0) is 36.6 Å². The van der Waals surface area contributed by atoms with Gasteiger partial charge in [0.25, 0.3) is 0 Å². The summed E-state index contributed by atoms with van der Waals surface area (Å²) in [4.78, 5) is 2.42. The summed E-state index contributed by atoms with van der Waals surface area (Å²) < 4.78 is 0. The second-order valence-electron chi connectivity index (χ2n) is 5.18. The van der Waals surface area contributed by atoms with Gasteiger partial charge in [0, 0.05) is 13.1 Å². The number of hydrogen-bond acceptors (Lipinski definition) is 2. The lowest BCUT2D eigenvalue weighted by atomic mass is 9.97. The van der Waals surface area contributed by atoms with Crippen molar-refractivity contribution >= 4 is 12.6 Å². The van der Waals surface area contributed by atoms with Gasteiger partial charge in [0.2, 0.25) is 0 Å². The molecular formula is C15H25NS. The third-order valence-corrected chi connectivity index (χ3v) is 3.82. The van der Waals surface area contributed by atoms with Crippen LogP contribution in [0.2, 0.25) is 0 Å². The van der Waals surface area contributed by atoms with Crippen molar-refractivity contribution in [3.63, 3.8) is 0 Å². The van der Waals surface area contributed by atoms with Crippen LogP contribution in [0.15, 0.2) is 30.3 Å². The fraction of sp³-hybridized carbons (Fsp3) is 0.600. The highest BCUT2D eigenvalue weighted by molar-refractivity contribution is 7.80. The summed E-state index contributed by atoms with van der Waals surface area (Å²) in [6.45, 7) is 6.84. The van der Waals surface area contributed by atoms with Crippen LogP contribution in [0, 0.1) is 11.8 Å². The second kappa shape index (κ2) is 7.78. The molecule has 1 aromatic rings. The van der Waals surface area contributed by atoms with Gasteiger partial charge in [-0.1, -0.05) is 44.2 Å². The Bertz CT molecular complexity index is 297. The molecule has 0 heterocycles. The maximum atomic E-state index is 4.44. The van der Waals surface area contributed by atoms with Crippen molar-refractivity contribution in [1.82, 2.24) is 4.90 Å². The van der Waals surface area contributed by atoms with Gasteiger partial charge in [0.05, 0.1) is 0 Å². The maximum Gasteiger partial charge on any atom is 0.00189 e. The Morgan fingerprint density at radius 3 is 2.35 bits per heavy atom. The van der Waals surface area contributed by atoms with Crippen molar-refractivity contribution in [2.24, 2.45) is 11.8 Å². The molecule has 96 valence electrons. The molecule has 17 heavy (non-hydrogen) atoms. The van der Waals surface area contributed by atoms with Crippen LogP contribution in [0.5, 0.6) is 0 Å². The molecule has 0 fully saturated rings. The highest BCUT2D eigenvalue weighted by atomic mass is 32.1. The van der Waals surface area contributed by atoms with Crippen LogP contribution < -0.4 is 0 Å². The number of benzene rings is 1. The molecule has 1 atom stereocenters. The van der Waals surface area contributed by atoms with Crippen molar-refractivity contribution in [2.45, 2.75) is 20.3 Å². The van der Waals surface area contributed by atoms with Gasteiger partial charge in [-0.15, -0.1) is 0 Å². The minimum Gasteiger partial charge on any atom is -0.306 e. The van der Waals surface area contributed by atoms with Crippen LogP contribution in [0.4, 0.5) is 0 Å². The van der Waals surface area contributed by atoms with Crippen molar-refractivity contribution in [3.8, 4) is 0 Å². The van der Waals surface area contributed by atoms with Gasteiger partial charge < -0.3 is 4.90 Å². The van der Waals surface area contributed by atoms with Gasteiger partial charge in [0.1, 0.15) is 0 Å². The zero-order chi connectivity index (χ0) is 12.7. The predicted molar refractivity (Wildman–Crippen MR) is 79.8 cm³/mol. The summed E-state index contributed by atoms with van der Waals surface area (Å²) in [6.07, 6.45) is 1.13. The first-order valence-electron chi connectivity index (χ1n) is 6.46. The predicted octanol–water partition coefficient (Wildman–Crippen LogP) is 3.36. The van der Waals surface area contributed by atoms with E-state index in [1.807, 2.05) is 0 Å². The summed E-state index contributed by atoms with van der Waals surface area (Å²) in [6, 6.07) is 10.7. The molecule has 0 aliphatic carbocycles. The van der Waals surface area contributed by atoms with Gasteiger partial charge in [-0.25, -0.2) is 0 Å². The fourth-order valence-electron chi connectivity index (χ4n) is 1.94. The Kier molecular flexibility index (Phi) is 6.68. The van der Waals surface area contributed by atoms with Crippen LogP contribution in [0.1, 0.15) is 19.4 Å². The lowest BCUT2D eigenvalue weighted by Crippen LogP contribution is -2.31. The number of likely N-dealkylation sites (N-methyl/N-ethyl adjacent to an activating group) is 1. The molecule has 1 aromatic carbocycles. The van der Waals surface area contributed by atoms with Crippen molar-refractivity contribution in [1.29, 1.82) is 0 Å². The SMILES string of the molecule is CC(C)C(CS)CN(C)CCc1ccccc1. The van der Waals surface area contributed by atoms with E-state index < -0.39 is 0 Å². The summed E-state index contributed by atoms with van der Waals surface area (Å²) in [5.74, 6) is 2.39. The monoisotopic (exact) mass is 251 g/mol. The molecule has 2 heteroatoms. The Balaban J connectivity index is 2.32. The first kappa shape index (κ1) is 14.6. The maximum absolute atomic E-state index is 4.44. The Morgan fingerprint density at radius 1 is 1.18 bits per heavy atom. The molecule has 0 saturated carbocycles. The van der Waals surface area contributed by atoms with E-state index in [0.717, 1.165) is 25.3 Å². The molecule has 0 radical (unpaired) electrons. The Labute approximate surface area is 112 Å². The number of thiol groups is 1. The minimum absolute atomic E-state index is 0.694. The molecule has 1 nitrogen and oxygen atoms in total. The van der Waals surface area contributed by atoms with Crippen LogP contribution in [-0.2, 0) is 6.42 Å². The molecule has 0 aromatic heterocycles. The average molecular weight is 251 g/mol. The van der Waals surface area contributed by atoms with Crippen LogP contribution in [0.25, 0.3) is 0 Å². The summed E-state index contributed by atoms with van der Waals surface area (Å²) in [5, 5.41) is 0. The molecule has 1 unspecified atom stereocenters. The van der Waals surface area contributed by atoms with Crippen molar-refractivity contribution in [3.05, 3.63) is 35.9 Å². The van der Waals surface area contributed by atoms with Gasteiger partial charge in [0.15, 0.2) is 0 Å². The third-order valence-electron chi connectivity index (χ3n) is 3.35. The van der Waals surface area contributed by atoms with Crippen molar-refractivity contribution < 1.29 is 0 Å². The molecule has 0 N–H and O–H groups in total. The number of nitrogens with zero attached hydrogens (tertiary/aromatic N) is 1. The average Bonchev–Trinajstić information content (AvgIpc) is 2.34. The molecular weight excluding hydrogens is 226 g/mol. The lowest BCUT2D eigenvalue weighted by Gasteiger charge is -2.25. The molecule has 1 rings (SSSR count). The number of hydrogen-bond donors (Lipinski definition) is 1. The molecule has 0 aliphatic rings. The van der Waals surface area contributed by atoms with Crippen LogP contribution >= 0.6 is 12.6 Å². The number of rotatable bonds is 7. The smallest absolute Gasteiger partial charge is 0.00189 e. The topological polar surface area (TPSA) is 3.24 Å². The largest absolute Gasteiger partial charge is 0.306 e. The minimum atomic E-state index is 0.694. The van der Waals surface area contributed by atoms with E-state index in [1.165, 1.54) is 5.56 Å². The third kappa shape index (κ3) is 5.60. The summed E-state index contributed by atoms with van der Waals surface area (Å²) in [5.41, 5.74) is 1.42. The fourth-order valence-corrected chi connectivity index (χ4v) is 2.47. The van der Waals surface area contributed by atoms with Crippen LogP contribution in [0.3, 0.4) is 0 Å².